The Bertz CT molecular complexity index is 3840. The second-order valence-corrected chi connectivity index (χ2v) is 18.7. The van der Waals surface area contributed by atoms with Crippen LogP contribution in [0.25, 0.3) is 73.1 Å². The lowest BCUT2D eigenvalue weighted by atomic mass is 9.65. The van der Waals surface area contributed by atoms with Gasteiger partial charge in [-0.1, -0.05) is 212 Å². The van der Waals surface area contributed by atoms with Crippen LogP contribution in [0.1, 0.15) is 28.2 Å². The molecule has 2 aromatic heterocycles. The number of benzene rings is 9. The van der Waals surface area contributed by atoms with Gasteiger partial charge in [0.05, 0.1) is 22.3 Å². The van der Waals surface area contributed by atoms with Crippen LogP contribution >= 0.6 is 0 Å². The van der Waals surface area contributed by atoms with Gasteiger partial charge in [0.25, 0.3) is 0 Å². The average Bonchev–Trinajstić information content (AvgIpc) is 4.06. The summed E-state index contributed by atoms with van der Waals surface area (Å²) < 4.78 is 2.52. The molecule has 0 aliphatic heterocycles. The molecular weight excluding hydrogens is 863 g/mol. The van der Waals surface area contributed by atoms with Crippen molar-refractivity contribution in [2.75, 3.05) is 4.90 Å². The standard InChI is InChI=1S/C66H45N5/c1-5-22-44(23-6-1)51-32-16-20-39-59(51)70(48-29-11-4-12-30-48)50-40-41-60-55(43-50)61-62(54-35-15-19-38-58(54)66(61)56-36-17-13-33-52(56)53-34-14-18-37-57(53)66)71(60)49-31-21-28-47(42-49)65-68-63(45-24-7-2-8-25-45)67-64(69-65)46-26-9-3-10-27-46/h1-43,52,56H. The average molecular weight is 908 g/mol. The normalized spacial score (nSPS) is 17.0. The summed E-state index contributed by atoms with van der Waals surface area (Å²) in [7, 11) is 0. The molecule has 0 amide bonds. The molecule has 14 rings (SSSR count). The molecule has 3 unspecified atom stereocenters. The van der Waals surface area contributed by atoms with Gasteiger partial charge in [-0.05, 0) is 70.8 Å². The molecule has 334 valence electrons. The van der Waals surface area contributed by atoms with Crippen molar-refractivity contribution < 1.29 is 0 Å². The van der Waals surface area contributed by atoms with E-state index in [1.807, 2.05) is 36.4 Å². The third kappa shape index (κ3) is 6.36. The molecule has 5 heteroatoms. The number of fused-ring (bicyclic) bond motifs is 12. The van der Waals surface area contributed by atoms with E-state index >= 15 is 0 Å². The van der Waals surface area contributed by atoms with Crippen LogP contribution in [0.5, 0.6) is 0 Å². The van der Waals surface area contributed by atoms with E-state index in [1.54, 1.807) is 0 Å². The third-order valence-electron chi connectivity index (χ3n) is 14.9. The summed E-state index contributed by atoms with van der Waals surface area (Å²) in [5.41, 5.74) is 18.0. The highest BCUT2D eigenvalue weighted by molar-refractivity contribution is 6.04. The van der Waals surface area contributed by atoms with Crippen LogP contribution in [0.3, 0.4) is 0 Å². The van der Waals surface area contributed by atoms with Crippen molar-refractivity contribution in [3.05, 3.63) is 283 Å². The number of hydrogen-bond donors (Lipinski definition) is 0. The number of para-hydroxylation sites is 2. The minimum absolute atomic E-state index is 0.156. The van der Waals surface area contributed by atoms with Crippen LogP contribution in [-0.4, -0.2) is 19.5 Å². The highest BCUT2D eigenvalue weighted by Gasteiger charge is 2.59. The van der Waals surface area contributed by atoms with Gasteiger partial charge >= 0.3 is 0 Å². The van der Waals surface area contributed by atoms with E-state index in [1.165, 1.54) is 44.5 Å². The maximum absolute atomic E-state index is 5.19. The van der Waals surface area contributed by atoms with Crippen molar-refractivity contribution in [1.82, 2.24) is 19.5 Å². The zero-order valence-electron chi connectivity index (χ0n) is 38.7. The number of aromatic nitrogens is 4. The quantitative estimate of drug-likeness (QED) is 0.152. The minimum atomic E-state index is -0.475. The molecule has 5 nitrogen and oxygen atoms in total. The molecule has 3 atom stereocenters. The van der Waals surface area contributed by atoms with Crippen LogP contribution in [-0.2, 0) is 5.41 Å². The zero-order chi connectivity index (χ0) is 46.9. The van der Waals surface area contributed by atoms with Gasteiger partial charge in [-0.15, -0.1) is 0 Å². The molecule has 0 N–H and O–H groups in total. The van der Waals surface area contributed by atoms with E-state index in [4.69, 9.17) is 15.0 Å². The lowest BCUT2D eigenvalue weighted by Crippen LogP contribution is -2.32. The molecule has 2 heterocycles. The second-order valence-electron chi connectivity index (χ2n) is 18.7. The van der Waals surface area contributed by atoms with Gasteiger partial charge in [0.2, 0.25) is 0 Å². The summed E-state index contributed by atoms with van der Waals surface area (Å²) in [6.45, 7) is 0. The molecule has 3 aliphatic rings. The third-order valence-corrected chi connectivity index (χ3v) is 14.9. The molecule has 11 aromatic rings. The van der Waals surface area contributed by atoms with Gasteiger partial charge in [0, 0.05) is 67.7 Å². The van der Waals surface area contributed by atoms with Gasteiger partial charge in [0.15, 0.2) is 17.5 Å². The Kier molecular flexibility index (Phi) is 9.49. The number of rotatable bonds is 8. The first kappa shape index (κ1) is 40.8. The summed E-state index contributed by atoms with van der Waals surface area (Å²) in [5.74, 6) is 2.27. The first-order chi connectivity index (χ1) is 35.2. The summed E-state index contributed by atoms with van der Waals surface area (Å²) >= 11 is 0. The van der Waals surface area contributed by atoms with E-state index in [-0.39, 0.29) is 11.8 Å². The monoisotopic (exact) mass is 907 g/mol. The van der Waals surface area contributed by atoms with Crippen molar-refractivity contribution in [2.24, 2.45) is 5.92 Å². The molecule has 0 fully saturated rings. The van der Waals surface area contributed by atoms with Crippen molar-refractivity contribution in [2.45, 2.75) is 11.3 Å². The summed E-state index contributed by atoms with van der Waals surface area (Å²) in [6, 6.07) is 85.0. The highest BCUT2D eigenvalue weighted by Crippen LogP contribution is 2.67. The van der Waals surface area contributed by atoms with Crippen molar-refractivity contribution >= 4 is 28.0 Å². The molecule has 71 heavy (non-hydrogen) atoms. The Morgan fingerprint density at radius 1 is 0.423 bits per heavy atom. The first-order valence-electron chi connectivity index (χ1n) is 24.4. The van der Waals surface area contributed by atoms with E-state index in [2.05, 4.69) is 234 Å². The minimum Gasteiger partial charge on any atom is -0.310 e. The maximum Gasteiger partial charge on any atom is 0.164 e. The van der Waals surface area contributed by atoms with Gasteiger partial charge in [-0.2, -0.15) is 0 Å². The Hall–Kier alpha value is -9.19. The number of allylic oxidation sites excluding steroid dienone is 4. The Balaban J connectivity index is 1.05. The topological polar surface area (TPSA) is 46.8 Å². The largest absolute Gasteiger partial charge is 0.310 e. The van der Waals surface area contributed by atoms with Crippen molar-refractivity contribution in [3.8, 4) is 62.2 Å². The number of nitrogens with zero attached hydrogens (tertiary/aromatic N) is 5. The molecule has 0 saturated carbocycles. The summed E-state index contributed by atoms with van der Waals surface area (Å²) in [5, 5.41) is 1.22. The van der Waals surface area contributed by atoms with Gasteiger partial charge in [0.1, 0.15) is 0 Å². The Morgan fingerprint density at radius 2 is 0.986 bits per heavy atom. The van der Waals surface area contributed by atoms with E-state index < -0.39 is 5.41 Å². The van der Waals surface area contributed by atoms with Crippen molar-refractivity contribution in [3.63, 3.8) is 0 Å². The van der Waals surface area contributed by atoms with Crippen LogP contribution < -0.4 is 4.90 Å². The first-order valence-corrected chi connectivity index (χ1v) is 24.4. The second kappa shape index (κ2) is 16.5. The molecule has 1 spiro atoms. The molecular formula is C66H45N5. The van der Waals surface area contributed by atoms with Crippen LogP contribution in [0, 0.1) is 5.92 Å². The molecule has 0 bridgehead atoms. The fourth-order valence-electron chi connectivity index (χ4n) is 12.0. The number of anilines is 3. The lowest BCUT2D eigenvalue weighted by Gasteiger charge is -2.36. The lowest BCUT2D eigenvalue weighted by molar-refractivity contribution is 0.468. The SMILES string of the molecule is C1=CC2c3ccccc3C3(c4ccccc4-c4c3c3cc(N(c5ccccc5)c5ccccc5-c5ccccc5)ccc3n4-c3cccc(-c4nc(-c5ccccc5)nc(-c5ccccc5)n4)c3)C2C=C1. The number of hydrogen-bond acceptors (Lipinski definition) is 4. The van der Waals surface area contributed by atoms with E-state index in [0.717, 1.165) is 50.5 Å². The Labute approximate surface area is 413 Å². The van der Waals surface area contributed by atoms with Crippen molar-refractivity contribution in [1.29, 1.82) is 0 Å². The van der Waals surface area contributed by atoms with E-state index in [9.17, 15) is 0 Å². The van der Waals surface area contributed by atoms with Gasteiger partial charge in [-0.3, -0.25) is 0 Å². The van der Waals surface area contributed by atoms with E-state index in [0.29, 0.717) is 17.5 Å². The fourth-order valence-corrected chi connectivity index (χ4v) is 12.0. The summed E-state index contributed by atoms with van der Waals surface area (Å²) in [6.07, 6.45) is 9.41. The molecule has 3 aliphatic carbocycles. The highest BCUT2D eigenvalue weighted by atomic mass is 15.1. The molecule has 0 saturated heterocycles. The van der Waals surface area contributed by atoms with Crippen LogP contribution in [0.15, 0.2) is 261 Å². The molecule has 9 aromatic carbocycles. The Morgan fingerprint density at radius 3 is 1.70 bits per heavy atom. The zero-order valence-corrected chi connectivity index (χ0v) is 38.7. The smallest absolute Gasteiger partial charge is 0.164 e. The maximum atomic E-state index is 5.19. The van der Waals surface area contributed by atoms with Gasteiger partial charge in [-0.25, -0.2) is 15.0 Å². The van der Waals surface area contributed by atoms with Crippen LogP contribution in [0.2, 0.25) is 0 Å². The molecule has 0 radical (unpaired) electrons. The fraction of sp³-hybridized carbons (Fsp3) is 0.0455. The van der Waals surface area contributed by atoms with Crippen LogP contribution in [0.4, 0.5) is 17.1 Å². The summed E-state index contributed by atoms with van der Waals surface area (Å²) in [4.78, 5) is 17.8. The predicted molar refractivity (Wildman–Crippen MR) is 289 cm³/mol. The van der Waals surface area contributed by atoms with Gasteiger partial charge < -0.3 is 9.47 Å². The predicted octanol–water partition coefficient (Wildman–Crippen LogP) is 16.1.